The summed E-state index contributed by atoms with van der Waals surface area (Å²) in [6.45, 7) is 7.97. The van der Waals surface area contributed by atoms with Gasteiger partial charge in [0.2, 0.25) is 0 Å². The Morgan fingerprint density at radius 3 is 0.823 bits per heavy atom. The first kappa shape index (κ1) is 111. The number of aliphatic hydroxyl groups excluding tert-OH is 1. The van der Waals surface area contributed by atoms with Gasteiger partial charge in [-0.25, -0.2) is 0 Å². The third kappa shape index (κ3) is 22.0. The zero-order valence-electron chi connectivity index (χ0n) is 46.8. The zero-order valence-corrected chi connectivity index (χ0v) is 50.0. The molecular formula is C51H76Br2F34O9. The molecule has 0 radical (unpaired) electrons. The van der Waals surface area contributed by atoms with E-state index in [2.05, 4.69) is 53.0 Å². The molecule has 45 heteroatoms. The van der Waals surface area contributed by atoms with Gasteiger partial charge in [-0.05, 0) is 67.2 Å². The van der Waals surface area contributed by atoms with Gasteiger partial charge in [0, 0.05) is 0 Å². The summed E-state index contributed by atoms with van der Waals surface area (Å²) >= 11 is 5.89. The van der Waals surface area contributed by atoms with E-state index in [1.54, 1.807) is 13.8 Å². The molecule has 2 unspecified atom stereocenters. The average molecular weight is 1640 g/mol. The maximum Gasteiger partial charge on any atom is 0.460 e. The highest BCUT2D eigenvalue weighted by atomic mass is 79.9. The topological polar surface area (TPSA) is 125 Å². The molecule has 0 fully saturated rings. The van der Waals surface area contributed by atoms with Crippen LogP contribution in [0.15, 0.2) is 0 Å². The van der Waals surface area contributed by atoms with Gasteiger partial charge in [-0.15, -0.1) is 0 Å². The van der Waals surface area contributed by atoms with Crippen LogP contribution < -0.4 is 0 Å². The van der Waals surface area contributed by atoms with Crippen molar-refractivity contribution < 1.29 is 193 Å². The fourth-order valence-corrected chi connectivity index (χ4v) is 6.15. The number of alkyl halides is 36. The van der Waals surface area contributed by atoms with Crippen LogP contribution in [-0.4, -0.2) is 166 Å². The molecule has 0 saturated heterocycles. The van der Waals surface area contributed by atoms with Crippen molar-refractivity contribution in [1.29, 1.82) is 0 Å². The quantitative estimate of drug-likeness (QED) is 0.0237. The molecular weight excluding hydrogens is 1560 g/mol. The fourth-order valence-electron chi connectivity index (χ4n) is 5.92. The highest BCUT2D eigenvalue weighted by molar-refractivity contribution is 9.10. The molecule has 0 amide bonds. The number of halogens is 36. The Hall–Kier alpha value is -3.58. The third-order valence-electron chi connectivity index (χ3n) is 12.2. The Kier molecular flexibility index (Phi) is 41.4. The molecule has 0 aromatic heterocycles. The summed E-state index contributed by atoms with van der Waals surface area (Å²) in [6.07, 6.45) is -20.4. The molecule has 0 spiro atoms. The van der Waals surface area contributed by atoms with Crippen molar-refractivity contribution in [3.63, 3.8) is 0 Å². The first-order valence-electron chi connectivity index (χ1n) is 24.1. The van der Waals surface area contributed by atoms with Crippen molar-refractivity contribution in [2.24, 2.45) is 10.8 Å². The molecule has 2 atom stereocenters. The predicted molar refractivity (Wildman–Crippen MR) is 284 cm³/mol. The number of aliphatic hydroxyl groups is 1. The molecule has 0 rings (SSSR count). The van der Waals surface area contributed by atoms with Gasteiger partial charge >= 0.3 is 119 Å². The molecule has 0 aliphatic carbocycles. The Morgan fingerprint density at radius 1 is 0.333 bits per heavy atom. The lowest BCUT2D eigenvalue weighted by Crippen LogP contribution is -2.74. The van der Waals surface area contributed by atoms with Crippen molar-refractivity contribution in [2.75, 3.05) is 33.0 Å². The molecule has 586 valence electrons. The number of rotatable bonds is 31. The Morgan fingerprint density at radius 2 is 0.583 bits per heavy atom. The molecule has 0 saturated carbocycles. The molecule has 9 nitrogen and oxygen atoms in total. The molecule has 1 N–H and O–H groups in total. The van der Waals surface area contributed by atoms with Gasteiger partial charge in [0.15, 0.2) is 0 Å². The van der Waals surface area contributed by atoms with E-state index < -0.39 is 178 Å². The summed E-state index contributed by atoms with van der Waals surface area (Å²) in [5.41, 5.74) is -3.45. The largest absolute Gasteiger partial charge is 0.465 e. The van der Waals surface area contributed by atoms with Crippen LogP contribution >= 0.6 is 31.9 Å². The summed E-state index contributed by atoms with van der Waals surface area (Å²) in [5, 5.41) is 8.70. The van der Waals surface area contributed by atoms with E-state index in [9.17, 15) is 168 Å². The van der Waals surface area contributed by atoms with E-state index in [0.717, 1.165) is 26.7 Å². The van der Waals surface area contributed by atoms with Crippen LogP contribution in [0.4, 0.5) is 149 Å². The van der Waals surface area contributed by atoms with E-state index in [1.807, 2.05) is 0 Å². The SMILES string of the molecule is C.C.C.C.C.C.CCC(C)(Br)C(=O)OCCC(F)(F)C(F)(F)C(F)(F)C(F)(F)C(F)(F)C(F)(F)C(F)(F)C(F)(F)F.CCC(C)(CC(C)(C)C(=O)OCCO)C(=O)OCCC(F)(F)C(F)(F)C(F)(F)C(F)(F)C(F)(F)C(F)(F)C(F)(F)C(F)(F)F.CCCCOC(=O)C(C)(C)Br. The molecule has 0 aromatic rings. The maximum atomic E-state index is 14.1. The predicted octanol–water partition coefficient (Wildman–Crippen LogP) is 21.1. The first-order valence-corrected chi connectivity index (χ1v) is 25.7. The number of hydrogen-bond acceptors (Lipinski definition) is 9. The standard InChI is InChI=1S/C22H25F17O5.C15H12BrF17O2.C8H15BrO2.6CH4/c1-5-14(4,10-13(2,3)11(41)44-9-7-40)12(42)43-8-6-15(23,24)16(25,26)17(27,28)18(29,30)19(31,32)20(33,34)21(35,36)22(37,38)39;1-3-7(2,16)6(34)35-5-4-8(17,18)9(19,20)10(21,22)11(23,24)12(25,26)13(27,28)14(29,30)15(31,32)33;1-4-5-6-11-7(10)8(2,3)9;;;;;;/h40H,5-10H2,1-4H3;3-5H2,1-2H3;4-6H2,1-3H3;6*1H4. The number of hydrogen-bond donors (Lipinski definition) is 1. The smallest absolute Gasteiger partial charge is 0.460 e. The van der Waals surface area contributed by atoms with Crippen LogP contribution in [0.5, 0.6) is 0 Å². The first-order chi connectivity index (χ1) is 39.0. The summed E-state index contributed by atoms with van der Waals surface area (Å²) < 4.78 is 466. The van der Waals surface area contributed by atoms with Crippen LogP contribution in [0.3, 0.4) is 0 Å². The molecule has 0 aromatic carbocycles. The summed E-state index contributed by atoms with van der Waals surface area (Å²) in [5.74, 6) is -118. The number of unbranched alkanes of at least 4 members (excludes halogenated alkanes) is 1. The highest BCUT2D eigenvalue weighted by Crippen LogP contribution is 2.66. The van der Waals surface area contributed by atoms with Gasteiger partial charge in [-0.2, -0.15) is 149 Å². The Balaban J connectivity index is -0.000000187. The molecule has 0 heterocycles. The van der Waals surface area contributed by atoms with Crippen LogP contribution in [-0.2, 0) is 38.1 Å². The summed E-state index contributed by atoms with van der Waals surface area (Å²) in [7, 11) is 0. The lowest BCUT2D eigenvalue weighted by molar-refractivity contribution is -0.461. The van der Waals surface area contributed by atoms with Gasteiger partial charge in [0.05, 0.1) is 50.1 Å². The van der Waals surface area contributed by atoms with E-state index in [4.69, 9.17) is 9.84 Å². The maximum absolute atomic E-state index is 14.1. The lowest BCUT2D eigenvalue weighted by Gasteiger charge is -2.42. The van der Waals surface area contributed by atoms with Crippen LogP contribution in [0.1, 0.15) is 152 Å². The molecule has 0 aliphatic rings. The van der Waals surface area contributed by atoms with Crippen LogP contribution in [0.2, 0.25) is 0 Å². The monoisotopic (exact) mass is 1640 g/mol. The number of carbonyl (C=O) groups excluding carboxylic acids is 4. The fraction of sp³-hybridized carbons (Fsp3) is 0.922. The number of esters is 4. The van der Waals surface area contributed by atoms with E-state index >= 15 is 0 Å². The normalized spacial score (nSPS) is 15.1. The molecule has 0 aliphatic heterocycles. The Labute approximate surface area is 546 Å². The minimum atomic E-state index is -8.73. The van der Waals surface area contributed by atoms with Crippen molar-refractivity contribution in [2.45, 2.75) is 256 Å². The van der Waals surface area contributed by atoms with Crippen molar-refractivity contribution in [3.8, 4) is 0 Å². The number of ether oxygens (including phenoxy) is 4. The van der Waals surface area contributed by atoms with Gasteiger partial charge in [-0.1, -0.05) is 104 Å². The van der Waals surface area contributed by atoms with Gasteiger partial charge in [0.25, 0.3) is 0 Å². The number of carbonyl (C=O) groups is 4. The van der Waals surface area contributed by atoms with Crippen molar-refractivity contribution >= 4 is 55.7 Å². The van der Waals surface area contributed by atoms with Crippen molar-refractivity contribution in [3.05, 3.63) is 0 Å². The average Bonchev–Trinajstić information content (AvgIpc) is 0.706. The minimum absolute atomic E-state index is 0. The third-order valence-corrected chi connectivity index (χ3v) is 13.4. The van der Waals surface area contributed by atoms with E-state index in [0.29, 0.717) is 6.61 Å². The molecule has 96 heavy (non-hydrogen) atoms. The van der Waals surface area contributed by atoms with E-state index in [-0.39, 0.29) is 63.4 Å². The van der Waals surface area contributed by atoms with Gasteiger partial charge in [-0.3, -0.25) is 19.2 Å². The lowest BCUT2D eigenvalue weighted by atomic mass is 9.72. The van der Waals surface area contributed by atoms with Gasteiger partial charge < -0.3 is 24.1 Å². The second-order valence-corrected chi connectivity index (χ2v) is 24.1. The minimum Gasteiger partial charge on any atom is -0.465 e. The van der Waals surface area contributed by atoms with Gasteiger partial charge in [0.1, 0.15) is 15.3 Å². The highest BCUT2D eigenvalue weighted by Gasteiger charge is 2.97. The van der Waals surface area contributed by atoms with Crippen molar-refractivity contribution in [1.82, 2.24) is 0 Å². The molecule has 0 bridgehead atoms. The second-order valence-electron chi connectivity index (χ2n) is 20.4. The summed E-state index contributed by atoms with van der Waals surface area (Å²) in [4.78, 5) is 47.1. The Bertz CT molecular complexity index is 2370. The zero-order chi connectivity index (χ0) is 73.6. The van der Waals surface area contributed by atoms with Crippen LogP contribution in [0.25, 0.3) is 0 Å². The van der Waals surface area contributed by atoms with Crippen LogP contribution in [0, 0.1) is 10.8 Å². The van der Waals surface area contributed by atoms with E-state index in [1.165, 1.54) is 27.7 Å². The summed E-state index contributed by atoms with van der Waals surface area (Å²) in [6, 6.07) is 0. The second kappa shape index (κ2) is 35.8.